The molecule has 0 radical (unpaired) electrons. The number of carbonyl (C=O) groups excluding carboxylic acids is 1. The van der Waals surface area contributed by atoms with Gasteiger partial charge in [0.1, 0.15) is 11.9 Å². The van der Waals surface area contributed by atoms with Crippen LogP contribution in [-0.2, 0) is 17.8 Å². The fourth-order valence-corrected chi connectivity index (χ4v) is 3.39. The molecule has 0 spiro atoms. The van der Waals surface area contributed by atoms with E-state index in [1.165, 1.54) is 0 Å². The van der Waals surface area contributed by atoms with E-state index in [-0.39, 0.29) is 18.1 Å². The van der Waals surface area contributed by atoms with Gasteiger partial charge in [0.15, 0.2) is 11.5 Å². The molecule has 3 unspecified atom stereocenters. The maximum Gasteiger partial charge on any atom is 0.265 e. The number of carbonyl (C=O) groups is 1. The number of para-hydroxylation sites is 2. The van der Waals surface area contributed by atoms with Gasteiger partial charge in [0.2, 0.25) is 6.10 Å². The summed E-state index contributed by atoms with van der Waals surface area (Å²) in [7, 11) is 0. The fraction of sp³-hybridized carbons (Fsp3) is 0.444. The Bertz CT molecular complexity index is 771. The Kier molecular flexibility index (Phi) is 3.67. The largest absolute Gasteiger partial charge is 0.482 e. The Morgan fingerprint density at radius 1 is 1.29 bits per heavy atom. The number of aryl methyl sites for hydroxylation is 2. The molecule has 1 aromatic heterocycles. The van der Waals surface area contributed by atoms with Gasteiger partial charge in [-0.2, -0.15) is 0 Å². The highest BCUT2D eigenvalue weighted by molar-refractivity contribution is 5.82. The second-order valence-corrected chi connectivity index (χ2v) is 6.50. The van der Waals surface area contributed by atoms with Crippen molar-refractivity contribution in [2.75, 3.05) is 0 Å². The molecule has 3 atom stereocenters. The van der Waals surface area contributed by atoms with E-state index >= 15 is 0 Å². The summed E-state index contributed by atoms with van der Waals surface area (Å²) in [6, 6.07) is 7.53. The van der Waals surface area contributed by atoms with Gasteiger partial charge in [-0.3, -0.25) is 4.79 Å². The van der Waals surface area contributed by atoms with Crippen LogP contribution in [0.25, 0.3) is 0 Å². The molecule has 126 valence electrons. The zero-order valence-electron chi connectivity index (χ0n) is 13.9. The summed E-state index contributed by atoms with van der Waals surface area (Å²) in [5.74, 6) is 2.27. The molecular weight excluding hydrogens is 306 g/mol. The Morgan fingerprint density at radius 2 is 2.04 bits per heavy atom. The average Bonchev–Trinajstić information content (AvgIpc) is 2.93. The van der Waals surface area contributed by atoms with Crippen LogP contribution in [0.3, 0.4) is 0 Å². The lowest BCUT2D eigenvalue weighted by Gasteiger charge is -2.33. The number of fused-ring (bicyclic) bond motifs is 2. The number of aromatic nitrogens is 2. The molecule has 2 aliphatic heterocycles. The molecule has 2 aromatic rings. The van der Waals surface area contributed by atoms with E-state index in [0.717, 1.165) is 30.9 Å². The second-order valence-electron chi connectivity index (χ2n) is 6.50. The SMILES string of the molecule is Cc1cn2c(n1)CCC(NC(=O)C1Oc3ccccc3OC1C)C2. The number of imidazole rings is 1. The Morgan fingerprint density at radius 3 is 2.83 bits per heavy atom. The summed E-state index contributed by atoms with van der Waals surface area (Å²) < 4.78 is 13.8. The van der Waals surface area contributed by atoms with Crippen molar-refractivity contribution in [3.05, 3.63) is 42.0 Å². The van der Waals surface area contributed by atoms with E-state index in [4.69, 9.17) is 9.47 Å². The summed E-state index contributed by atoms with van der Waals surface area (Å²) in [6.07, 6.45) is 2.84. The van der Waals surface area contributed by atoms with Crippen LogP contribution in [0, 0.1) is 6.92 Å². The van der Waals surface area contributed by atoms with Crippen LogP contribution in [-0.4, -0.2) is 33.7 Å². The molecule has 2 aliphatic rings. The zero-order valence-corrected chi connectivity index (χ0v) is 13.9. The molecule has 1 aromatic carbocycles. The van der Waals surface area contributed by atoms with Crippen molar-refractivity contribution in [3.8, 4) is 11.5 Å². The van der Waals surface area contributed by atoms with Crippen LogP contribution in [0.5, 0.6) is 11.5 Å². The molecular formula is C18H21N3O3. The molecule has 0 bridgehead atoms. The van der Waals surface area contributed by atoms with Crippen molar-refractivity contribution in [1.82, 2.24) is 14.9 Å². The highest BCUT2D eigenvalue weighted by Gasteiger charge is 2.35. The van der Waals surface area contributed by atoms with E-state index in [1.54, 1.807) is 0 Å². The minimum Gasteiger partial charge on any atom is -0.482 e. The number of hydrogen-bond acceptors (Lipinski definition) is 4. The Balaban J connectivity index is 1.43. The van der Waals surface area contributed by atoms with Gasteiger partial charge in [0.05, 0.1) is 5.69 Å². The maximum absolute atomic E-state index is 12.7. The van der Waals surface area contributed by atoms with Crippen LogP contribution in [0.1, 0.15) is 24.9 Å². The molecule has 6 nitrogen and oxygen atoms in total. The van der Waals surface area contributed by atoms with Crippen LogP contribution in [0.4, 0.5) is 0 Å². The fourth-order valence-electron chi connectivity index (χ4n) is 3.39. The molecule has 1 N–H and O–H groups in total. The third-order valence-electron chi connectivity index (χ3n) is 4.56. The Hall–Kier alpha value is -2.50. The minimum absolute atomic E-state index is 0.0894. The zero-order chi connectivity index (χ0) is 16.7. The second kappa shape index (κ2) is 5.85. The molecule has 0 aliphatic carbocycles. The molecule has 0 saturated carbocycles. The first-order chi connectivity index (χ1) is 11.6. The summed E-state index contributed by atoms with van der Waals surface area (Å²) in [5.41, 5.74) is 1.02. The van der Waals surface area contributed by atoms with Crippen LogP contribution in [0.2, 0.25) is 0 Å². The van der Waals surface area contributed by atoms with Crippen LogP contribution in [0.15, 0.2) is 30.5 Å². The highest BCUT2D eigenvalue weighted by Crippen LogP contribution is 2.33. The lowest BCUT2D eigenvalue weighted by molar-refractivity contribution is -0.134. The average molecular weight is 327 g/mol. The van der Waals surface area contributed by atoms with E-state index in [9.17, 15) is 4.79 Å². The van der Waals surface area contributed by atoms with E-state index in [2.05, 4.69) is 14.9 Å². The van der Waals surface area contributed by atoms with Gasteiger partial charge in [-0.15, -0.1) is 0 Å². The number of rotatable bonds is 2. The van der Waals surface area contributed by atoms with Crippen LogP contribution >= 0.6 is 0 Å². The van der Waals surface area contributed by atoms with Crippen molar-refractivity contribution < 1.29 is 14.3 Å². The first-order valence-corrected chi connectivity index (χ1v) is 8.35. The number of nitrogens with zero attached hydrogens (tertiary/aromatic N) is 2. The maximum atomic E-state index is 12.7. The first-order valence-electron chi connectivity index (χ1n) is 8.35. The highest BCUT2D eigenvalue weighted by atomic mass is 16.6. The van der Waals surface area contributed by atoms with Crippen molar-refractivity contribution in [3.63, 3.8) is 0 Å². The van der Waals surface area contributed by atoms with Gasteiger partial charge in [-0.25, -0.2) is 4.98 Å². The third-order valence-corrected chi connectivity index (χ3v) is 4.56. The van der Waals surface area contributed by atoms with Crippen molar-refractivity contribution in [2.24, 2.45) is 0 Å². The topological polar surface area (TPSA) is 65.4 Å². The molecule has 0 fully saturated rings. The van der Waals surface area contributed by atoms with E-state index in [1.807, 2.05) is 44.3 Å². The van der Waals surface area contributed by atoms with E-state index < -0.39 is 6.10 Å². The molecule has 1 amide bonds. The normalized spacial score (nSPS) is 25.0. The summed E-state index contributed by atoms with van der Waals surface area (Å²) in [5, 5.41) is 3.11. The number of nitrogens with one attached hydrogen (secondary N) is 1. The minimum atomic E-state index is -0.633. The molecule has 6 heteroatoms. The van der Waals surface area contributed by atoms with Gasteiger partial charge >= 0.3 is 0 Å². The van der Waals surface area contributed by atoms with Crippen molar-refractivity contribution in [1.29, 1.82) is 0 Å². The molecule has 3 heterocycles. The number of amides is 1. The lowest BCUT2D eigenvalue weighted by Crippen LogP contribution is -2.52. The van der Waals surface area contributed by atoms with Crippen molar-refractivity contribution in [2.45, 2.75) is 51.5 Å². The van der Waals surface area contributed by atoms with Gasteiger partial charge in [-0.1, -0.05) is 12.1 Å². The van der Waals surface area contributed by atoms with Gasteiger partial charge in [0.25, 0.3) is 5.91 Å². The number of benzene rings is 1. The van der Waals surface area contributed by atoms with Gasteiger partial charge in [-0.05, 0) is 32.4 Å². The van der Waals surface area contributed by atoms with Gasteiger partial charge in [0, 0.05) is 25.2 Å². The van der Waals surface area contributed by atoms with Crippen molar-refractivity contribution >= 4 is 5.91 Å². The Labute approximate surface area is 140 Å². The quantitative estimate of drug-likeness (QED) is 0.914. The number of ether oxygens (including phenoxy) is 2. The summed E-state index contributed by atoms with van der Waals surface area (Å²) in [4.78, 5) is 17.2. The lowest BCUT2D eigenvalue weighted by atomic mass is 10.1. The number of hydrogen-bond donors (Lipinski definition) is 1. The summed E-state index contributed by atoms with van der Waals surface area (Å²) in [6.45, 7) is 4.60. The molecule has 24 heavy (non-hydrogen) atoms. The molecule has 0 saturated heterocycles. The smallest absolute Gasteiger partial charge is 0.265 e. The predicted molar refractivity (Wildman–Crippen MR) is 88.2 cm³/mol. The third kappa shape index (κ3) is 2.72. The summed E-state index contributed by atoms with van der Waals surface area (Å²) >= 11 is 0. The van der Waals surface area contributed by atoms with E-state index in [0.29, 0.717) is 11.5 Å². The first kappa shape index (κ1) is 15.1. The standard InChI is InChI=1S/C18H21N3O3/c1-11-9-21-10-13(7-8-16(21)19-11)20-18(22)17-12(2)23-14-5-3-4-6-15(14)24-17/h3-6,9,12-13,17H,7-8,10H2,1-2H3,(H,20,22). The predicted octanol–water partition coefficient (Wildman–Crippen LogP) is 1.85. The monoisotopic (exact) mass is 327 g/mol. The van der Waals surface area contributed by atoms with Gasteiger partial charge < -0.3 is 19.4 Å². The molecule has 4 rings (SSSR count). The van der Waals surface area contributed by atoms with Crippen LogP contribution < -0.4 is 14.8 Å².